The van der Waals surface area contributed by atoms with Crippen molar-refractivity contribution in [2.75, 3.05) is 11.1 Å². The fourth-order valence-electron chi connectivity index (χ4n) is 4.19. The molecule has 2 aromatic carbocycles. The first-order valence-corrected chi connectivity index (χ1v) is 13.4. The highest BCUT2D eigenvalue weighted by molar-refractivity contribution is 7.99. The number of fused-ring (bicyclic) bond motifs is 1. The minimum Gasteiger partial charge on any atom is -0.319 e. The third-order valence-corrected chi connectivity index (χ3v) is 8.38. The molecule has 0 saturated heterocycles. The third kappa shape index (κ3) is 4.42. The van der Waals surface area contributed by atoms with Gasteiger partial charge in [0.05, 0.1) is 28.2 Å². The second-order valence-electron chi connectivity index (χ2n) is 8.61. The van der Waals surface area contributed by atoms with E-state index >= 15 is 0 Å². The average Bonchev–Trinajstić information content (AvgIpc) is 3.30. The van der Waals surface area contributed by atoms with E-state index in [2.05, 4.69) is 5.32 Å². The first-order valence-electron chi connectivity index (χ1n) is 11.6. The molecule has 0 unspecified atom stereocenters. The van der Waals surface area contributed by atoms with Crippen LogP contribution in [0.3, 0.4) is 0 Å². The number of benzene rings is 2. The Labute approximate surface area is 221 Å². The number of anilines is 1. The molecule has 0 atom stereocenters. The van der Waals surface area contributed by atoms with Gasteiger partial charge in [0.2, 0.25) is 5.91 Å². The highest BCUT2D eigenvalue weighted by Crippen LogP contribution is 2.29. The van der Waals surface area contributed by atoms with Gasteiger partial charge in [-0.25, -0.2) is 9.67 Å². The quantitative estimate of drug-likeness (QED) is 0.256. The van der Waals surface area contributed by atoms with E-state index in [1.807, 2.05) is 74.5 Å². The Bertz CT molecular complexity index is 1750. The van der Waals surface area contributed by atoms with Gasteiger partial charge in [-0.05, 0) is 50.6 Å². The predicted molar refractivity (Wildman–Crippen MR) is 150 cm³/mol. The molecule has 0 fully saturated rings. The summed E-state index contributed by atoms with van der Waals surface area (Å²) in [5, 5.41) is 3.80. The van der Waals surface area contributed by atoms with Crippen molar-refractivity contribution < 1.29 is 4.79 Å². The molecule has 5 rings (SSSR count). The van der Waals surface area contributed by atoms with Crippen LogP contribution in [0.4, 0.5) is 5.69 Å². The van der Waals surface area contributed by atoms with Gasteiger partial charge in [-0.2, -0.15) is 0 Å². The summed E-state index contributed by atoms with van der Waals surface area (Å²) in [5.74, 6) is -0.378. The van der Waals surface area contributed by atoms with Crippen LogP contribution in [0.15, 0.2) is 75.4 Å². The third-order valence-electron chi connectivity index (χ3n) is 6.34. The number of carbonyl (C=O) groups is 1. The van der Waals surface area contributed by atoms with E-state index < -0.39 is 0 Å². The van der Waals surface area contributed by atoms with Crippen molar-refractivity contribution in [1.82, 2.24) is 18.9 Å². The van der Waals surface area contributed by atoms with Gasteiger partial charge < -0.3 is 5.32 Å². The summed E-state index contributed by atoms with van der Waals surface area (Å²) in [6.07, 6.45) is 0. The predicted octanol–water partition coefficient (Wildman–Crippen LogP) is 4.59. The maximum atomic E-state index is 13.6. The molecule has 0 saturated carbocycles. The van der Waals surface area contributed by atoms with Gasteiger partial charge in [0, 0.05) is 11.9 Å². The molecule has 0 aliphatic rings. The smallest absolute Gasteiger partial charge is 0.295 e. The van der Waals surface area contributed by atoms with Crippen LogP contribution in [-0.4, -0.2) is 30.6 Å². The molecule has 3 heterocycles. The number of aromatic nitrogens is 4. The maximum Gasteiger partial charge on any atom is 0.295 e. The van der Waals surface area contributed by atoms with Crippen LogP contribution in [0.25, 0.3) is 21.6 Å². The van der Waals surface area contributed by atoms with E-state index in [0.717, 1.165) is 22.2 Å². The highest BCUT2D eigenvalue weighted by Gasteiger charge is 2.21. The number of hydrogen-bond donors (Lipinski definition) is 1. The van der Waals surface area contributed by atoms with E-state index in [1.165, 1.54) is 16.0 Å². The zero-order valence-electron chi connectivity index (χ0n) is 20.8. The number of hydrogen-bond acceptors (Lipinski definition) is 6. The lowest BCUT2D eigenvalue weighted by Gasteiger charge is -2.12. The first-order chi connectivity index (χ1) is 17.8. The molecule has 188 valence electrons. The minimum absolute atomic E-state index is 0.0206. The second kappa shape index (κ2) is 9.87. The summed E-state index contributed by atoms with van der Waals surface area (Å²) >= 11 is 2.63. The summed E-state index contributed by atoms with van der Waals surface area (Å²) in [4.78, 5) is 46.2. The highest BCUT2D eigenvalue weighted by atomic mass is 32.2. The maximum absolute atomic E-state index is 13.6. The number of thioether (sulfide) groups is 1. The Morgan fingerprint density at radius 3 is 2.22 bits per heavy atom. The number of nitrogens with one attached hydrogen (secondary N) is 1. The lowest BCUT2D eigenvalue weighted by atomic mass is 10.2. The summed E-state index contributed by atoms with van der Waals surface area (Å²) < 4.78 is 4.78. The summed E-state index contributed by atoms with van der Waals surface area (Å²) in [7, 11) is 1.77. The molecule has 5 aromatic rings. The molecule has 0 aliphatic heterocycles. The molecule has 0 radical (unpaired) electrons. The van der Waals surface area contributed by atoms with Crippen LogP contribution in [0.5, 0.6) is 0 Å². The van der Waals surface area contributed by atoms with Crippen molar-refractivity contribution >= 4 is 44.9 Å². The van der Waals surface area contributed by atoms with Gasteiger partial charge in [0.15, 0.2) is 5.16 Å². The summed E-state index contributed by atoms with van der Waals surface area (Å²) in [6.45, 7) is 5.68. The Hall–Kier alpha value is -3.89. The van der Waals surface area contributed by atoms with Gasteiger partial charge in [-0.1, -0.05) is 48.2 Å². The van der Waals surface area contributed by atoms with Gasteiger partial charge in [0.1, 0.15) is 10.5 Å². The van der Waals surface area contributed by atoms with Crippen LogP contribution in [0.2, 0.25) is 0 Å². The fourth-order valence-corrected chi connectivity index (χ4v) is 6.08. The van der Waals surface area contributed by atoms with Crippen LogP contribution >= 0.6 is 23.1 Å². The number of nitrogens with zero attached hydrogens (tertiary/aromatic N) is 4. The molecule has 3 aromatic heterocycles. The topological polar surface area (TPSA) is 90.9 Å². The first kappa shape index (κ1) is 24.8. The number of thiophene rings is 1. The zero-order valence-corrected chi connectivity index (χ0v) is 22.4. The number of aryl methyl sites for hydroxylation is 2. The zero-order chi connectivity index (χ0) is 26.3. The van der Waals surface area contributed by atoms with Gasteiger partial charge >= 0.3 is 0 Å². The van der Waals surface area contributed by atoms with E-state index in [-0.39, 0.29) is 28.5 Å². The molecule has 8 nitrogen and oxygen atoms in total. The number of rotatable bonds is 6. The molecular weight excluding hydrogens is 506 g/mol. The number of para-hydroxylation sites is 2. The van der Waals surface area contributed by atoms with E-state index in [1.54, 1.807) is 23.2 Å². The Morgan fingerprint density at radius 1 is 0.946 bits per heavy atom. The monoisotopic (exact) mass is 531 g/mol. The van der Waals surface area contributed by atoms with E-state index in [0.29, 0.717) is 32.4 Å². The lowest BCUT2D eigenvalue weighted by molar-refractivity contribution is -0.113. The lowest BCUT2D eigenvalue weighted by Crippen LogP contribution is -2.24. The second-order valence-corrected chi connectivity index (χ2v) is 10.8. The minimum atomic E-state index is -0.358. The van der Waals surface area contributed by atoms with Crippen molar-refractivity contribution in [3.05, 3.63) is 97.5 Å². The molecule has 0 aliphatic carbocycles. The van der Waals surface area contributed by atoms with Crippen LogP contribution in [0.1, 0.15) is 16.1 Å². The van der Waals surface area contributed by atoms with Gasteiger partial charge in [0.25, 0.3) is 11.1 Å². The number of amides is 1. The average molecular weight is 532 g/mol. The van der Waals surface area contributed by atoms with Crippen LogP contribution in [-0.2, 0) is 11.8 Å². The normalized spacial score (nSPS) is 11.2. The molecule has 37 heavy (non-hydrogen) atoms. The van der Waals surface area contributed by atoms with Crippen LogP contribution in [0, 0.1) is 20.8 Å². The van der Waals surface area contributed by atoms with Crippen LogP contribution < -0.4 is 16.4 Å². The van der Waals surface area contributed by atoms with Gasteiger partial charge in [-0.3, -0.25) is 23.6 Å². The largest absolute Gasteiger partial charge is 0.319 e. The molecular formula is C27H25N5O3S2. The number of carbonyl (C=O) groups excluding carboxylic acids is 1. The van der Waals surface area contributed by atoms with Crippen molar-refractivity contribution in [2.24, 2.45) is 7.05 Å². The summed E-state index contributed by atoms with van der Waals surface area (Å²) in [6, 6.07) is 18.5. The molecule has 0 spiro atoms. The standard InChI is InChI=1S/C27H25N5O3S2/c1-16-18(3)37-24-22(16)25(34)31(19-11-7-5-8-12-19)27(29-24)36-15-21(33)28-23-17(2)30(4)32(26(23)35)20-13-9-6-10-14-20/h5-14H,15H2,1-4H3,(H,28,33). The Balaban J connectivity index is 1.46. The molecule has 10 heteroatoms. The van der Waals surface area contributed by atoms with E-state index in [9.17, 15) is 14.4 Å². The molecule has 1 N–H and O–H groups in total. The van der Waals surface area contributed by atoms with Crippen molar-refractivity contribution in [3.63, 3.8) is 0 Å². The van der Waals surface area contributed by atoms with Crippen molar-refractivity contribution in [3.8, 4) is 11.4 Å². The summed E-state index contributed by atoms with van der Waals surface area (Å²) in [5.41, 5.74) is 2.70. The van der Waals surface area contributed by atoms with E-state index in [4.69, 9.17) is 4.98 Å². The molecule has 0 bridgehead atoms. The Kier molecular flexibility index (Phi) is 6.61. The SMILES string of the molecule is Cc1sc2nc(SCC(=O)Nc3c(C)n(C)n(-c4ccccc4)c3=O)n(-c3ccccc3)c(=O)c2c1C. The molecule has 1 amide bonds. The fraction of sp³-hybridized carbons (Fsp3) is 0.185. The van der Waals surface area contributed by atoms with Crippen molar-refractivity contribution in [2.45, 2.75) is 25.9 Å². The Morgan fingerprint density at radius 2 is 1.57 bits per heavy atom. The van der Waals surface area contributed by atoms with Crippen molar-refractivity contribution in [1.29, 1.82) is 0 Å². The van der Waals surface area contributed by atoms with Gasteiger partial charge in [-0.15, -0.1) is 11.3 Å².